The number of hydrogen-bond donors (Lipinski definition) is 1. The first-order valence-electron chi connectivity index (χ1n) is 9.02. The molecule has 0 aromatic heterocycles. The number of hydroxylamine groups is 2. The summed E-state index contributed by atoms with van der Waals surface area (Å²) in [6.45, 7) is 0.812. The number of guanidine groups is 1. The van der Waals surface area contributed by atoms with Crippen LogP contribution in [0, 0.1) is 0 Å². The molecule has 2 N–H and O–H groups in total. The summed E-state index contributed by atoms with van der Waals surface area (Å²) >= 11 is 0. The number of fused-ring (bicyclic) bond motifs is 2. The summed E-state index contributed by atoms with van der Waals surface area (Å²) in [5.74, 6) is 2.41. The zero-order chi connectivity index (χ0) is 18.7. The summed E-state index contributed by atoms with van der Waals surface area (Å²) in [5.41, 5.74) is 5.86. The van der Waals surface area contributed by atoms with Gasteiger partial charge in [-0.2, -0.15) is 0 Å². The van der Waals surface area contributed by atoms with Gasteiger partial charge in [-0.3, -0.25) is 0 Å². The van der Waals surface area contributed by atoms with Crippen LogP contribution in [-0.2, 0) is 15.3 Å². The van der Waals surface area contributed by atoms with Gasteiger partial charge in [-0.25, -0.2) is 14.9 Å². The second-order valence-corrected chi connectivity index (χ2v) is 6.54. The molecule has 0 radical (unpaired) electrons. The third-order valence-corrected chi connectivity index (χ3v) is 4.61. The molecule has 0 saturated carbocycles. The van der Waals surface area contributed by atoms with Crippen LogP contribution in [0.1, 0.15) is 24.8 Å². The molecule has 142 valence electrons. The maximum Gasteiger partial charge on any atom is 0.218 e. The highest BCUT2D eigenvalue weighted by Gasteiger charge is 2.43. The Bertz CT molecular complexity index is 827. The molecule has 1 atom stereocenters. The molecular formula is C20H23N3O4. The van der Waals surface area contributed by atoms with E-state index in [0.717, 1.165) is 24.2 Å². The smallest absolute Gasteiger partial charge is 0.218 e. The monoisotopic (exact) mass is 369 g/mol. The highest BCUT2D eigenvalue weighted by atomic mass is 16.7. The number of para-hydroxylation sites is 1. The zero-order valence-electron chi connectivity index (χ0n) is 15.3. The van der Waals surface area contributed by atoms with Crippen molar-refractivity contribution >= 4 is 5.96 Å². The minimum atomic E-state index is -0.929. The summed E-state index contributed by atoms with van der Waals surface area (Å²) in [4.78, 5) is 10.7. The van der Waals surface area contributed by atoms with Crippen molar-refractivity contribution in [1.82, 2.24) is 5.06 Å². The fraction of sp³-hybridized carbons (Fsp3) is 0.350. The van der Waals surface area contributed by atoms with E-state index >= 15 is 0 Å². The van der Waals surface area contributed by atoms with Crippen molar-refractivity contribution in [2.24, 2.45) is 10.7 Å². The van der Waals surface area contributed by atoms with E-state index in [1.807, 2.05) is 48.5 Å². The number of nitrogens with zero attached hydrogens (tertiary/aromatic N) is 2. The second-order valence-electron chi connectivity index (χ2n) is 6.54. The van der Waals surface area contributed by atoms with Gasteiger partial charge in [0.2, 0.25) is 11.7 Å². The van der Waals surface area contributed by atoms with Crippen molar-refractivity contribution in [2.45, 2.75) is 25.0 Å². The third-order valence-electron chi connectivity index (χ3n) is 4.61. The van der Waals surface area contributed by atoms with Gasteiger partial charge in [0.1, 0.15) is 17.2 Å². The average Bonchev–Trinajstić information content (AvgIpc) is 2.97. The van der Waals surface area contributed by atoms with E-state index in [-0.39, 0.29) is 6.79 Å². The molecule has 0 amide bonds. The van der Waals surface area contributed by atoms with Crippen LogP contribution < -0.4 is 15.2 Å². The minimum Gasteiger partial charge on any atom is -0.467 e. The molecule has 2 aliphatic rings. The van der Waals surface area contributed by atoms with E-state index in [0.29, 0.717) is 30.5 Å². The molecule has 1 unspecified atom stereocenters. The lowest BCUT2D eigenvalue weighted by Crippen LogP contribution is -2.32. The van der Waals surface area contributed by atoms with Crippen LogP contribution in [0.3, 0.4) is 0 Å². The summed E-state index contributed by atoms with van der Waals surface area (Å²) in [7, 11) is 1.75. The topological polar surface area (TPSA) is 78.5 Å². The van der Waals surface area contributed by atoms with Crippen molar-refractivity contribution in [3.63, 3.8) is 0 Å². The third kappa shape index (κ3) is 3.70. The maximum atomic E-state index is 6.09. The number of aliphatic imine (C=N–C) groups is 1. The highest BCUT2D eigenvalue weighted by Crippen LogP contribution is 2.44. The van der Waals surface area contributed by atoms with Crippen LogP contribution in [0.25, 0.3) is 0 Å². The highest BCUT2D eigenvalue weighted by molar-refractivity contribution is 5.78. The SMILES string of the molecule is CN1OC2(CCCCOCOc3ccc(Oc4ccccc4)cc32)N=C1N. The molecule has 2 aliphatic heterocycles. The first-order valence-corrected chi connectivity index (χ1v) is 9.02. The molecule has 0 fully saturated rings. The predicted molar refractivity (Wildman–Crippen MR) is 100 cm³/mol. The Kier molecular flexibility index (Phi) is 4.87. The van der Waals surface area contributed by atoms with Crippen LogP contribution in [-0.4, -0.2) is 31.5 Å². The van der Waals surface area contributed by atoms with Gasteiger partial charge in [0.25, 0.3) is 0 Å². The lowest BCUT2D eigenvalue weighted by Gasteiger charge is -2.29. The Balaban J connectivity index is 1.75. The standard InChI is InChI=1S/C20H23N3O4/c1-23-19(21)22-20(27-23)11-5-6-12-24-14-25-18-10-9-16(13-17(18)20)26-15-7-3-2-4-8-15/h2-4,7-10,13H,5-6,11-12,14H2,1H3,(H2,21,22). The Labute approximate surface area is 158 Å². The first kappa shape index (κ1) is 17.6. The number of hydrogen-bond acceptors (Lipinski definition) is 7. The van der Waals surface area contributed by atoms with Crippen molar-refractivity contribution in [3.8, 4) is 17.2 Å². The van der Waals surface area contributed by atoms with Gasteiger partial charge in [0, 0.05) is 13.5 Å². The van der Waals surface area contributed by atoms with Gasteiger partial charge >= 0.3 is 0 Å². The molecule has 27 heavy (non-hydrogen) atoms. The zero-order valence-corrected chi connectivity index (χ0v) is 15.3. The molecule has 2 heterocycles. The van der Waals surface area contributed by atoms with Crippen LogP contribution in [0.4, 0.5) is 0 Å². The maximum absolute atomic E-state index is 6.09. The van der Waals surface area contributed by atoms with Gasteiger partial charge in [0.05, 0.1) is 12.2 Å². The average molecular weight is 369 g/mol. The lowest BCUT2D eigenvalue weighted by molar-refractivity contribution is -0.178. The number of rotatable bonds is 2. The van der Waals surface area contributed by atoms with Gasteiger partial charge in [-0.05, 0) is 43.2 Å². The van der Waals surface area contributed by atoms with E-state index in [1.54, 1.807) is 7.05 Å². The molecule has 2 aromatic carbocycles. The summed E-state index contributed by atoms with van der Waals surface area (Å²) in [6.07, 6.45) is 2.43. The summed E-state index contributed by atoms with van der Waals surface area (Å²) < 4.78 is 17.4. The lowest BCUT2D eigenvalue weighted by atomic mass is 9.96. The fourth-order valence-electron chi connectivity index (χ4n) is 3.26. The molecule has 2 aromatic rings. The molecule has 0 saturated heterocycles. The second kappa shape index (κ2) is 7.46. The molecule has 0 aliphatic carbocycles. The predicted octanol–water partition coefficient (Wildman–Crippen LogP) is 3.36. The van der Waals surface area contributed by atoms with Crippen LogP contribution in [0.5, 0.6) is 17.2 Å². The van der Waals surface area contributed by atoms with Gasteiger partial charge in [-0.1, -0.05) is 18.2 Å². The minimum absolute atomic E-state index is 0.178. The Morgan fingerprint density at radius 3 is 2.74 bits per heavy atom. The van der Waals surface area contributed by atoms with Gasteiger partial charge < -0.3 is 19.9 Å². The van der Waals surface area contributed by atoms with Crippen LogP contribution in [0.15, 0.2) is 53.5 Å². The molecule has 7 heteroatoms. The first-order chi connectivity index (χ1) is 13.2. The Hall–Kier alpha value is -2.77. The number of nitrogens with two attached hydrogens (primary N) is 1. The van der Waals surface area contributed by atoms with Crippen LogP contribution >= 0.6 is 0 Å². The summed E-state index contributed by atoms with van der Waals surface area (Å²) in [5, 5.41) is 1.50. The molecule has 0 bridgehead atoms. The van der Waals surface area contributed by atoms with Crippen molar-refractivity contribution in [2.75, 3.05) is 20.4 Å². The largest absolute Gasteiger partial charge is 0.467 e. The quantitative estimate of drug-likeness (QED) is 0.874. The van der Waals surface area contributed by atoms with Gasteiger partial charge in [0.15, 0.2) is 6.79 Å². The Morgan fingerprint density at radius 2 is 1.96 bits per heavy atom. The van der Waals surface area contributed by atoms with E-state index < -0.39 is 5.72 Å². The Morgan fingerprint density at radius 1 is 1.11 bits per heavy atom. The van der Waals surface area contributed by atoms with Crippen molar-refractivity contribution in [3.05, 3.63) is 54.1 Å². The van der Waals surface area contributed by atoms with Gasteiger partial charge in [-0.15, -0.1) is 0 Å². The molecule has 1 spiro atoms. The van der Waals surface area contributed by atoms with E-state index in [4.69, 9.17) is 24.8 Å². The van der Waals surface area contributed by atoms with Crippen molar-refractivity contribution in [1.29, 1.82) is 0 Å². The number of benzene rings is 2. The number of ether oxygens (including phenoxy) is 3. The van der Waals surface area contributed by atoms with Crippen LogP contribution in [0.2, 0.25) is 0 Å². The normalized spacial score (nSPS) is 22.7. The fourth-order valence-corrected chi connectivity index (χ4v) is 3.26. The van der Waals surface area contributed by atoms with E-state index in [9.17, 15) is 0 Å². The molecule has 7 nitrogen and oxygen atoms in total. The molecular weight excluding hydrogens is 346 g/mol. The summed E-state index contributed by atoms with van der Waals surface area (Å²) in [6, 6.07) is 15.2. The molecule has 4 rings (SSSR count). The van der Waals surface area contributed by atoms with E-state index in [2.05, 4.69) is 4.99 Å². The van der Waals surface area contributed by atoms with Crippen molar-refractivity contribution < 1.29 is 19.0 Å². The van der Waals surface area contributed by atoms with E-state index in [1.165, 1.54) is 5.06 Å².